The molecule has 0 unspecified atom stereocenters. The predicted octanol–water partition coefficient (Wildman–Crippen LogP) is 1.67. The van der Waals surface area contributed by atoms with E-state index >= 15 is 0 Å². The largest absolute Gasteiger partial charge is 0.392 e. The number of benzene rings is 1. The zero-order valence-electron chi connectivity index (χ0n) is 11.6. The number of amides is 3. The molecular formula is C15H15N3O3. The van der Waals surface area contributed by atoms with Crippen LogP contribution in [-0.4, -0.2) is 29.3 Å². The summed E-state index contributed by atoms with van der Waals surface area (Å²) < 4.78 is 0. The topological polar surface area (TPSA) is 71.0 Å². The number of oxime groups is 1. The molecule has 6 nitrogen and oxygen atoms in total. The summed E-state index contributed by atoms with van der Waals surface area (Å²) in [7, 11) is 0. The molecule has 1 N–H and O–H groups in total. The Morgan fingerprint density at radius 3 is 2.76 bits per heavy atom. The molecule has 3 amide bonds. The zero-order chi connectivity index (χ0) is 14.6. The van der Waals surface area contributed by atoms with Gasteiger partial charge in [-0.05, 0) is 25.5 Å². The molecule has 2 aliphatic heterocycles. The van der Waals surface area contributed by atoms with Crippen molar-refractivity contribution >= 4 is 23.3 Å². The number of rotatable bonds is 2. The Kier molecular flexibility index (Phi) is 2.40. The first-order valence-corrected chi connectivity index (χ1v) is 7.03. The van der Waals surface area contributed by atoms with Gasteiger partial charge in [-0.25, -0.2) is 9.69 Å². The van der Waals surface area contributed by atoms with E-state index in [1.54, 1.807) is 12.1 Å². The molecule has 0 radical (unpaired) electrons. The van der Waals surface area contributed by atoms with E-state index in [1.807, 2.05) is 25.1 Å². The van der Waals surface area contributed by atoms with Gasteiger partial charge in [-0.1, -0.05) is 23.4 Å². The van der Waals surface area contributed by atoms with Gasteiger partial charge in [0.05, 0.1) is 11.4 Å². The quantitative estimate of drug-likeness (QED) is 0.840. The predicted molar refractivity (Wildman–Crippen MR) is 75.9 cm³/mol. The van der Waals surface area contributed by atoms with Crippen molar-refractivity contribution in [1.29, 1.82) is 0 Å². The van der Waals surface area contributed by atoms with Crippen LogP contribution in [0.1, 0.15) is 19.8 Å². The highest BCUT2D eigenvalue weighted by molar-refractivity contribution is 6.24. The number of imide groups is 1. The lowest BCUT2D eigenvalue weighted by Crippen LogP contribution is -2.37. The minimum absolute atomic E-state index is 0.00358. The molecule has 1 spiro atoms. The Bertz CT molecular complexity index is 657. The first-order chi connectivity index (χ1) is 10.1. The smallest absolute Gasteiger partial charge is 0.329 e. The highest BCUT2D eigenvalue weighted by Gasteiger charge is 2.70. The Hall–Kier alpha value is -2.37. The highest BCUT2D eigenvalue weighted by atomic mass is 16.6. The van der Waals surface area contributed by atoms with E-state index in [0.29, 0.717) is 12.1 Å². The van der Waals surface area contributed by atoms with Crippen LogP contribution in [-0.2, 0) is 9.63 Å². The van der Waals surface area contributed by atoms with Crippen LogP contribution in [0.5, 0.6) is 0 Å². The van der Waals surface area contributed by atoms with Crippen LogP contribution in [0.2, 0.25) is 0 Å². The van der Waals surface area contributed by atoms with Crippen molar-refractivity contribution < 1.29 is 14.4 Å². The Labute approximate surface area is 121 Å². The molecular weight excluding hydrogens is 270 g/mol. The van der Waals surface area contributed by atoms with Gasteiger partial charge < -0.3 is 10.2 Å². The number of urea groups is 1. The summed E-state index contributed by atoms with van der Waals surface area (Å²) in [5.74, 6) is -0.180. The maximum atomic E-state index is 12.7. The maximum Gasteiger partial charge on any atom is 0.329 e. The van der Waals surface area contributed by atoms with Crippen molar-refractivity contribution in [2.75, 3.05) is 4.90 Å². The summed E-state index contributed by atoms with van der Waals surface area (Å²) in [4.78, 5) is 31.5. The van der Waals surface area contributed by atoms with Gasteiger partial charge in [-0.3, -0.25) is 4.79 Å². The summed E-state index contributed by atoms with van der Waals surface area (Å²) in [6.07, 6.45) is 1.24. The zero-order valence-corrected chi connectivity index (χ0v) is 11.6. The Balaban J connectivity index is 1.58. The van der Waals surface area contributed by atoms with Gasteiger partial charge >= 0.3 is 6.03 Å². The fourth-order valence-corrected chi connectivity index (χ4v) is 3.27. The molecule has 4 rings (SSSR count). The van der Waals surface area contributed by atoms with Gasteiger partial charge in [0.2, 0.25) is 0 Å². The second kappa shape index (κ2) is 4.07. The van der Waals surface area contributed by atoms with Crippen LogP contribution in [0.25, 0.3) is 0 Å². The molecule has 2 heterocycles. The van der Waals surface area contributed by atoms with E-state index in [9.17, 15) is 9.59 Å². The van der Waals surface area contributed by atoms with Crippen LogP contribution in [0.15, 0.2) is 35.5 Å². The van der Waals surface area contributed by atoms with Gasteiger partial charge in [0, 0.05) is 12.3 Å². The first-order valence-electron chi connectivity index (χ1n) is 7.03. The van der Waals surface area contributed by atoms with Crippen molar-refractivity contribution in [2.45, 2.75) is 31.4 Å². The number of hydrogen-bond donors (Lipinski definition) is 1. The first kappa shape index (κ1) is 12.4. The molecule has 108 valence electrons. The lowest BCUT2D eigenvalue weighted by atomic mass is 10.1. The molecule has 21 heavy (non-hydrogen) atoms. The van der Waals surface area contributed by atoms with E-state index in [0.717, 1.165) is 12.1 Å². The monoisotopic (exact) mass is 285 g/mol. The fraction of sp³-hybridized carbons (Fsp3) is 0.400. The fourth-order valence-electron chi connectivity index (χ4n) is 3.27. The van der Waals surface area contributed by atoms with E-state index in [2.05, 4.69) is 10.5 Å². The SMILES string of the molecule is CC1=NO[C@@H]([C@H]2C[C@]23NC(=O)N(c2ccccc2)C3=O)C1. The van der Waals surface area contributed by atoms with Gasteiger partial charge in [0.25, 0.3) is 5.91 Å². The van der Waals surface area contributed by atoms with Crippen molar-refractivity contribution in [3.8, 4) is 0 Å². The Morgan fingerprint density at radius 2 is 2.10 bits per heavy atom. The summed E-state index contributed by atoms with van der Waals surface area (Å²) in [5, 5.41) is 6.78. The molecule has 1 saturated carbocycles. The number of nitrogens with zero attached hydrogens (tertiary/aromatic N) is 2. The van der Waals surface area contributed by atoms with E-state index in [-0.39, 0.29) is 24.0 Å². The summed E-state index contributed by atoms with van der Waals surface area (Å²) in [6.45, 7) is 1.90. The number of hydrogen-bond acceptors (Lipinski definition) is 4. The minimum atomic E-state index is -0.794. The van der Waals surface area contributed by atoms with E-state index in [1.165, 1.54) is 4.90 Å². The lowest BCUT2D eigenvalue weighted by molar-refractivity contribution is -0.120. The molecule has 0 aromatic heterocycles. The van der Waals surface area contributed by atoms with Gasteiger partial charge in [-0.15, -0.1) is 0 Å². The van der Waals surface area contributed by atoms with E-state index in [4.69, 9.17) is 4.84 Å². The number of carbonyl (C=O) groups is 2. The second-order valence-corrected chi connectivity index (χ2v) is 5.86. The highest BCUT2D eigenvalue weighted by Crippen LogP contribution is 2.52. The van der Waals surface area contributed by atoms with Gasteiger partial charge in [-0.2, -0.15) is 0 Å². The molecule has 1 aliphatic carbocycles. The van der Waals surface area contributed by atoms with Gasteiger partial charge in [0.15, 0.2) is 0 Å². The minimum Gasteiger partial charge on any atom is -0.392 e. The summed E-state index contributed by atoms with van der Waals surface area (Å²) in [6, 6.07) is 8.62. The van der Waals surface area contributed by atoms with Crippen LogP contribution in [0, 0.1) is 5.92 Å². The van der Waals surface area contributed by atoms with Crippen LogP contribution in [0.3, 0.4) is 0 Å². The molecule has 6 heteroatoms. The van der Waals surface area contributed by atoms with Crippen molar-refractivity contribution in [3.05, 3.63) is 30.3 Å². The van der Waals surface area contributed by atoms with Gasteiger partial charge in [0.1, 0.15) is 11.6 Å². The van der Waals surface area contributed by atoms with E-state index < -0.39 is 5.54 Å². The van der Waals surface area contributed by atoms with Crippen molar-refractivity contribution in [1.82, 2.24) is 5.32 Å². The standard InChI is InChI=1S/C15H15N3O3/c1-9-7-12(21-17-9)11-8-15(11)13(19)18(14(20)16-15)10-5-3-2-4-6-10/h2-6,11-12H,7-8H2,1H3,(H,16,20)/t11-,12-,15+/m1/s1. The molecule has 1 aromatic carbocycles. The summed E-state index contributed by atoms with van der Waals surface area (Å²) >= 11 is 0. The third-order valence-electron chi connectivity index (χ3n) is 4.44. The number of para-hydroxylation sites is 1. The molecule has 0 bridgehead atoms. The molecule has 3 aliphatic rings. The van der Waals surface area contributed by atoms with Crippen LogP contribution in [0.4, 0.5) is 10.5 Å². The third kappa shape index (κ3) is 1.68. The van der Waals surface area contributed by atoms with Crippen LogP contribution >= 0.6 is 0 Å². The number of carbonyl (C=O) groups excluding carboxylic acids is 2. The van der Waals surface area contributed by atoms with Crippen LogP contribution < -0.4 is 10.2 Å². The van der Waals surface area contributed by atoms with Crippen molar-refractivity contribution in [2.24, 2.45) is 11.1 Å². The maximum absolute atomic E-state index is 12.7. The molecule has 1 aromatic rings. The molecule has 3 atom stereocenters. The van der Waals surface area contributed by atoms with Crippen molar-refractivity contribution in [3.63, 3.8) is 0 Å². The second-order valence-electron chi connectivity index (χ2n) is 5.86. The molecule has 1 saturated heterocycles. The average molecular weight is 285 g/mol. The lowest BCUT2D eigenvalue weighted by Gasteiger charge is -2.14. The normalized spacial score (nSPS) is 34.0. The average Bonchev–Trinajstić information content (AvgIpc) is 2.93. The molecule has 2 fully saturated rings. The number of nitrogens with one attached hydrogen (secondary N) is 1. The number of anilines is 1. The third-order valence-corrected chi connectivity index (χ3v) is 4.44. The Morgan fingerprint density at radius 1 is 1.33 bits per heavy atom. The summed E-state index contributed by atoms with van der Waals surface area (Å²) in [5.41, 5.74) is 0.735.